The van der Waals surface area contributed by atoms with Gasteiger partial charge >= 0.3 is 0 Å². The number of methoxy groups -OCH3 is 3. The van der Waals surface area contributed by atoms with Gasteiger partial charge in [0.1, 0.15) is 11.4 Å². The summed E-state index contributed by atoms with van der Waals surface area (Å²) in [4.78, 5) is 16.7. The molecule has 4 aromatic rings. The van der Waals surface area contributed by atoms with Crippen LogP contribution in [0.5, 0.6) is 17.2 Å². The molecule has 1 aromatic heterocycles. The van der Waals surface area contributed by atoms with Crippen LogP contribution in [0, 0.1) is 0 Å². The molecule has 0 radical (unpaired) electrons. The van der Waals surface area contributed by atoms with Gasteiger partial charge in [0.25, 0.3) is 5.91 Å². The minimum Gasteiger partial charge on any atom is -0.496 e. The van der Waals surface area contributed by atoms with Gasteiger partial charge in [0.05, 0.1) is 32.4 Å². The van der Waals surface area contributed by atoms with Crippen LogP contribution in [0.4, 0.5) is 0 Å². The third-order valence-corrected chi connectivity index (χ3v) is 5.75. The summed E-state index contributed by atoms with van der Waals surface area (Å²) in [6.07, 6.45) is 0. The summed E-state index contributed by atoms with van der Waals surface area (Å²) in [6, 6.07) is 23.3. The Labute approximate surface area is 187 Å². The minimum absolute atomic E-state index is 0.250. The smallest absolute Gasteiger partial charge is 0.268 e. The maximum Gasteiger partial charge on any atom is 0.268 e. The van der Waals surface area contributed by atoms with Crippen molar-refractivity contribution in [3.63, 3.8) is 0 Å². The summed E-state index contributed by atoms with van der Waals surface area (Å²) in [5.74, 6) is 1.36. The van der Waals surface area contributed by atoms with E-state index in [0.717, 1.165) is 16.5 Å². The van der Waals surface area contributed by atoms with E-state index < -0.39 is 5.54 Å². The molecule has 0 fully saturated rings. The van der Waals surface area contributed by atoms with Crippen molar-refractivity contribution in [3.8, 4) is 17.2 Å². The average Bonchev–Trinajstić information content (AvgIpc) is 3.29. The first-order valence-electron chi connectivity index (χ1n) is 10.3. The zero-order valence-corrected chi connectivity index (χ0v) is 18.6. The fourth-order valence-corrected chi connectivity index (χ4v) is 4.01. The van der Waals surface area contributed by atoms with Crippen LogP contribution in [0.3, 0.4) is 0 Å². The van der Waals surface area contributed by atoms with E-state index in [9.17, 15) is 4.79 Å². The predicted molar refractivity (Wildman–Crippen MR) is 125 cm³/mol. The van der Waals surface area contributed by atoms with Crippen molar-refractivity contribution >= 4 is 16.8 Å². The summed E-state index contributed by atoms with van der Waals surface area (Å²) in [5, 5.41) is 3.96. The molecule has 0 aliphatic heterocycles. The van der Waals surface area contributed by atoms with E-state index in [4.69, 9.17) is 14.2 Å². The third-order valence-electron chi connectivity index (χ3n) is 5.75. The van der Waals surface area contributed by atoms with Crippen LogP contribution in [0.2, 0.25) is 0 Å². The predicted octanol–water partition coefficient (Wildman–Crippen LogP) is 4.89. The number of hydrogen-bond donors (Lipinski definition) is 2. The molecule has 3 aromatic carbocycles. The number of aromatic nitrogens is 1. The molecule has 0 atom stereocenters. The fourth-order valence-electron chi connectivity index (χ4n) is 4.01. The second-order valence-corrected chi connectivity index (χ2v) is 7.60. The Morgan fingerprint density at radius 2 is 1.38 bits per heavy atom. The first-order chi connectivity index (χ1) is 15.5. The van der Waals surface area contributed by atoms with Gasteiger partial charge in [0, 0.05) is 11.5 Å². The molecular weight excluding hydrogens is 404 g/mol. The quantitative estimate of drug-likeness (QED) is 0.438. The zero-order valence-electron chi connectivity index (χ0n) is 18.6. The van der Waals surface area contributed by atoms with Crippen molar-refractivity contribution < 1.29 is 19.0 Å². The van der Waals surface area contributed by atoms with Crippen molar-refractivity contribution in [1.82, 2.24) is 10.3 Å². The van der Waals surface area contributed by atoms with Gasteiger partial charge in [-0.05, 0) is 24.1 Å². The Bertz CT molecular complexity index is 1190. The number of amides is 1. The third kappa shape index (κ3) is 3.64. The average molecular weight is 431 g/mol. The molecule has 0 saturated heterocycles. The van der Waals surface area contributed by atoms with Gasteiger partial charge in [-0.3, -0.25) is 4.79 Å². The number of H-pyrrole nitrogens is 1. The van der Waals surface area contributed by atoms with Crippen molar-refractivity contribution in [2.45, 2.75) is 12.5 Å². The van der Waals surface area contributed by atoms with Gasteiger partial charge in [0.2, 0.25) is 0 Å². The number of aromatic amines is 1. The van der Waals surface area contributed by atoms with Crippen LogP contribution in [0.15, 0.2) is 72.8 Å². The van der Waals surface area contributed by atoms with Crippen LogP contribution in [-0.4, -0.2) is 32.2 Å². The number of nitrogens with one attached hydrogen (secondary N) is 2. The lowest BCUT2D eigenvalue weighted by Crippen LogP contribution is -2.44. The van der Waals surface area contributed by atoms with E-state index in [1.165, 1.54) is 0 Å². The molecule has 6 heteroatoms. The number of fused-ring (bicyclic) bond motifs is 1. The summed E-state index contributed by atoms with van der Waals surface area (Å²) in [7, 11) is 4.70. The molecule has 0 spiro atoms. The number of hydrogen-bond acceptors (Lipinski definition) is 4. The Morgan fingerprint density at radius 3 is 1.88 bits per heavy atom. The standard InChI is InChI=1S/C26H26N2O4/c1-26(17-11-7-5-8-12-17,18-13-9-6-10-14-18)28-25(29)20-15-19-21(30-2)16-22(31-3)24(32-4)23(19)27-20/h5-16,27H,1-4H3,(H,28,29). The monoisotopic (exact) mass is 430 g/mol. The molecular formula is C26H26N2O4. The second kappa shape index (κ2) is 8.67. The molecule has 4 rings (SSSR count). The Hall–Kier alpha value is -3.93. The molecule has 0 unspecified atom stereocenters. The van der Waals surface area contributed by atoms with E-state index in [0.29, 0.717) is 28.5 Å². The van der Waals surface area contributed by atoms with E-state index in [2.05, 4.69) is 10.3 Å². The number of ether oxygens (including phenoxy) is 3. The molecule has 0 saturated carbocycles. The summed E-state index contributed by atoms with van der Waals surface area (Å²) in [6.45, 7) is 2.00. The highest BCUT2D eigenvalue weighted by atomic mass is 16.5. The van der Waals surface area contributed by atoms with Gasteiger partial charge < -0.3 is 24.5 Å². The molecule has 6 nitrogen and oxygen atoms in total. The van der Waals surface area contributed by atoms with Gasteiger partial charge in [-0.15, -0.1) is 0 Å². The molecule has 1 amide bonds. The second-order valence-electron chi connectivity index (χ2n) is 7.60. The topological polar surface area (TPSA) is 72.6 Å². The molecule has 0 aliphatic rings. The minimum atomic E-state index is -0.733. The van der Waals surface area contributed by atoms with E-state index in [1.54, 1.807) is 33.5 Å². The van der Waals surface area contributed by atoms with Crippen molar-refractivity contribution in [1.29, 1.82) is 0 Å². The molecule has 0 aliphatic carbocycles. The molecule has 164 valence electrons. The van der Waals surface area contributed by atoms with Gasteiger partial charge in [-0.1, -0.05) is 60.7 Å². The molecule has 32 heavy (non-hydrogen) atoms. The maximum atomic E-state index is 13.5. The SMILES string of the molecule is COc1cc(OC)c2cc(C(=O)NC(C)(c3ccccc3)c3ccccc3)[nH]c2c1OC. The fraction of sp³-hybridized carbons (Fsp3) is 0.192. The van der Waals surface area contributed by atoms with E-state index in [1.807, 2.05) is 67.6 Å². The van der Waals surface area contributed by atoms with Gasteiger partial charge in [0.15, 0.2) is 11.5 Å². The Balaban J connectivity index is 1.79. The first kappa shape index (κ1) is 21.3. The Kier molecular flexibility index (Phi) is 5.77. The summed E-state index contributed by atoms with van der Waals surface area (Å²) >= 11 is 0. The molecule has 0 bridgehead atoms. The highest BCUT2D eigenvalue weighted by molar-refractivity contribution is 6.02. The summed E-state index contributed by atoms with van der Waals surface area (Å²) < 4.78 is 16.5. The highest BCUT2D eigenvalue weighted by Gasteiger charge is 2.32. The maximum absolute atomic E-state index is 13.5. The lowest BCUT2D eigenvalue weighted by molar-refractivity contribution is 0.0914. The lowest BCUT2D eigenvalue weighted by Gasteiger charge is -2.32. The van der Waals surface area contributed by atoms with Crippen LogP contribution >= 0.6 is 0 Å². The molecule has 1 heterocycles. The van der Waals surface area contributed by atoms with E-state index >= 15 is 0 Å². The van der Waals surface area contributed by atoms with Crippen molar-refractivity contribution in [3.05, 3.63) is 89.6 Å². The first-order valence-corrected chi connectivity index (χ1v) is 10.3. The van der Waals surface area contributed by atoms with Crippen LogP contribution in [0.25, 0.3) is 10.9 Å². The van der Waals surface area contributed by atoms with Crippen LogP contribution < -0.4 is 19.5 Å². The number of benzene rings is 3. The normalized spacial score (nSPS) is 11.2. The number of rotatable bonds is 7. The molecule has 2 N–H and O–H groups in total. The van der Waals surface area contributed by atoms with Crippen molar-refractivity contribution in [2.24, 2.45) is 0 Å². The zero-order chi connectivity index (χ0) is 22.7. The highest BCUT2D eigenvalue weighted by Crippen LogP contribution is 2.41. The number of carbonyl (C=O) groups excluding carboxylic acids is 1. The van der Waals surface area contributed by atoms with Gasteiger partial charge in [-0.2, -0.15) is 0 Å². The van der Waals surface area contributed by atoms with E-state index in [-0.39, 0.29) is 5.91 Å². The van der Waals surface area contributed by atoms with Crippen LogP contribution in [0.1, 0.15) is 28.5 Å². The Morgan fingerprint density at radius 1 is 0.812 bits per heavy atom. The number of carbonyl (C=O) groups is 1. The summed E-state index contributed by atoms with van der Waals surface area (Å²) in [5.41, 5.74) is 2.25. The lowest BCUT2D eigenvalue weighted by atomic mass is 9.84. The van der Waals surface area contributed by atoms with Crippen molar-refractivity contribution in [2.75, 3.05) is 21.3 Å². The van der Waals surface area contributed by atoms with Gasteiger partial charge in [-0.25, -0.2) is 0 Å². The largest absolute Gasteiger partial charge is 0.496 e. The van der Waals surface area contributed by atoms with Crippen LogP contribution in [-0.2, 0) is 5.54 Å².